The van der Waals surface area contributed by atoms with Crippen molar-refractivity contribution in [3.8, 4) is 0 Å². The molecule has 1 aliphatic rings. The number of nitrogens with zero attached hydrogens (tertiary/aromatic N) is 1. The van der Waals surface area contributed by atoms with Crippen LogP contribution in [0.4, 0.5) is 0 Å². The molecule has 0 bridgehead atoms. The second-order valence-electron chi connectivity index (χ2n) is 4.89. The Balaban J connectivity index is 2.22. The van der Waals surface area contributed by atoms with Gasteiger partial charge < -0.3 is 4.74 Å². The molecule has 0 saturated heterocycles. The summed E-state index contributed by atoms with van der Waals surface area (Å²) in [6.07, 6.45) is 0. The number of rotatable bonds is 2. The monoisotopic (exact) mass is 283 g/mol. The molecule has 5 heteroatoms. The van der Waals surface area contributed by atoms with Gasteiger partial charge in [0.1, 0.15) is 6.04 Å². The van der Waals surface area contributed by atoms with E-state index in [4.69, 9.17) is 0 Å². The van der Waals surface area contributed by atoms with Crippen LogP contribution < -0.4 is 0 Å². The first-order chi connectivity index (χ1) is 10.1. The van der Waals surface area contributed by atoms with Crippen LogP contribution in [0.5, 0.6) is 0 Å². The molecule has 2 aromatic rings. The maximum absolute atomic E-state index is 12.6. The lowest BCUT2D eigenvalue weighted by molar-refractivity contribution is -0.144. The number of carbonyl (C=O) groups is 3. The van der Waals surface area contributed by atoms with Crippen LogP contribution in [0.1, 0.15) is 27.6 Å². The van der Waals surface area contributed by atoms with Gasteiger partial charge in [0.05, 0.1) is 7.11 Å². The molecule has 2 aromatic carbocycles. The molecule has 3 rings (SSSR count). The normalized spacial score (nSPS) is 15.2. The van der Waals surface area contributed by atoms with E-state index in [0.717, 1.165) is 10.3 Å². The van der Waals surface area contributed by atoms with E-state index >= 15 is 0 Å². The van der Waals surface area contributed by atoms with Gasteiger partial charge in [0.15, 0.2) is 0 Å². The maximum atomic E-state index is 12.6. The largest absolute Gasteiger partial charge is 0.467 e. The minimum atomic E-state index is -0.960. The first-order valence-corrected chi connectivity index (χ1v) is 6.53. The summed E-state index contributed by atoms with van der Waals surface area (Å²) in [5.74, 6) is -1.56. The summed E-state index contributed by atoms with van der Waals surface area (Å²) >= 11 is 0. The standard InChI is InChI=1S/C16H13NO4/c1-9(16(20)21-2)17-14(18)11-7-3-5-10-6-4-8-12(13(10)11)15(17)19/h3-9H,1-2H3. The van der Waals surface area contributed by atoms with Crippen molar-refractivity contribution in [3.05, 3.63) is 47.5 Å². The van der Waals surface area contributed by atoms with E-state index in [1.807, 2.05) is 12.1 Å². The molecule has 0 aliphatic carbocycles. The van der Waals surface area contributed by atoms with Gasteiger partial charge in [0.25, 0.3) is 11.8 Å². The fraction of sp³-hybridized carbons (Fsp3) is 0.188. The van der Waals surface area contributed by atoms with Crippen LogP contribution >= 0.6 is 0 Å². The van der Waals surface area contributed by atoms with Crippen LogP contribution in [-0.2, 0) is 9.53 Å². The molecule has 0 radical (unpaired) electrons. The van der Waals surface area contributed by atoms with E-state index in [9.17, 15) is 14.4 Å². The zero-order chi connectivity index (χ0) is 15.1. The van der Waals surface area contributed by atoms with Crippen molar-refractivity contribution < 1.29 is 19.1 Å². The molecule has 5 nitrogen and oxygen atoms in total. The highest BCUT2D eigenvalue weighted by Gasteiger charge is 2.38. The number of imide groups is 1. The lowest BCUT2D eigenvalue weighted by Crippen LogP contribution is -2.49. The topological polar surface area (TPSA) is 63.7 Å². The van der Waals surface area contributed by atoms with Gasteiger partial charge in [-0.1, -0.05) is 24.3 Å². The smallest absolute Gasteiger partial charge is 0.328 e. The van der Waals surface area contributed by atoms with Crippen LogP contribution in [0.2, 0.25) is 0 Å². The molecule has 21 heavy (non-hydrogen) atoms. The van der Waals surface area contributed by atoms with Crippen molar-refractivity contribution in [2.75, 3.05) is 7.11 Å². The van der Waals surface area contributed by atoms with E-state index in [1.165, 1.54) is 14.0 Å². The van der Waals surface area contributed by atoms with Crippen molar-refractivity contribution in [2.45, 2.75) is 13.0 Å². The van der Waals surface area contributed by atoms with Crippen LogP contribution in [0.15, 0.2) is 36.4 Å². The van der Waals surface area contributed by atoms with Crippen molar-refractivity contribution >= 4 is 28.6 Å². The quantitative estimate of drug-likeness (QED) is 0.624. The minimum absolute atomic E-state index is 0.429. The van der Waals surface area contributed by atoms with Gasteiger partial charge >= 0.3 is 5.97 Å². The Morgan fingerprint density at radius 1 is 1.05 bits per heavy atom. The number of esters is 1. The maximum Gasteiger partial charge on any atom is 0.328 e. The Hall–Kier alpha value is -2.69. The summed E-state index contributed by atoms with van der Waals surface area (Å²) in [5.41, 5.74) is 0.858. The van der Waals surface area contributed by atoms with Crippen LogP contribution in [0.25, 0.3) is 10.8 Å². The van der Waals surface area contributed by atoms with E-state index in [0.29, 0.717) is 16.5 Å². The van der Waals surface area contributed by atoms with E-state index in [2.05, 4.69) is 4.74 Å². The Morgan fingerprint density at radius 3 is 2.05 bits per heavy atom. The SMILES string of the molecule is COC(=O)C(C)N1C(=O)c2cccc3cccc(c23)C1=O. The Kier molecular flexibility index (Phi) is 2.97. The van der Waals surface area contributed by atoms with Gasteiger partial charge in [0, 0.05) is 16.5 Å². The van der Waals surface area contributed by atoms with Crippen molar-refractivity contribution in [1.29, 1.82) is 0 Å². The van der Waals surface area contributed by atoms with Gasteiger partial charge in [-0.05, 0) is 24.4 Å². The molecule has 0 fully saturated rings. The number of carbonyl (C=O) groups excluding carboxylic acids is 3. The molecule has 0 spiro atoms. The Bertz CT molecular complexity index is 730. The molecule has 1 unspecified atom stereocenters. The molecular formula is C16H13NO4. The van der Waals surface area contributed by atoms with Crippen molar-refractivity contribution in [3.63, 3.8) is 0 Å². The molecule has 1 heterocycles. The number of hydrogen-bond acceptors (Lipinski definition) is 4. The van der Waals surface area contributed by atoms with Gasteiger partial charge in [-0.25, -0.2) is 4.79 Å². The van der Waals surface area contributed by atoms with Crippen LogP contribution in [0, 0.1) is 0 Å². The van der Waals surface area contributed by atoms with E-state index in [-0.39, 0.29) is 0 Å². The van der Waals surface area contributed by atoms with Crippen molar-refractivity contribution in [1.82, 2.24) is 4.90 Å². The highest BCUT2D eigenvalue weighted by molar-refractivity contribution is 6.26. The molecular weight excluding hydrogens is 270 g/mol. The minimum Gasteiger partial charge on any atom is -0.467 e. The second-order valence-corrected chi connectivity index (χ2v) is 4.89. The van der Waals surface area contributed by atoms with E-state index in [1.54, 1.807) is 24.3 Å². The summed E-state index contributed by atoms with van der Waals surface area (Å²) < 4.78 is 4.64. The molecule has 1 aliphatic heterocycles. The summed E-state index contributed by atoms with van der Waals surface area (Å²) in [5, 5.41) is 1.47. The number of hydrogen-bond donors (Lipinski definition) is 0. The predicted octanol–water partition coefficient (Wildman–Crippen LogP) is 2.00. The predicted molar refractivity (Wildman–Crippen MR) is 75.9 cm³/mol. The molecule has 1 atom stereocenters. The highest BCUT2D eigenvalue weighted by Crippen LogP contribution is 2.30. The van der Waals surface area contributed by atoms with Gasteiger partial charge in [-0.3, -0.25) is 14.5 Å². The average molecular weight is 283 g/mol. The summed E-state index contributed by atoms with van der Waals surface area (Å²) in [4.78, 5) is 37.8. The molecule has 0 N–H and O–H groups in total. The molecule has 106 valence electrons. The summed E-state index contributed by atoms with van der Waals surface area (Å²) in [6, 6.07) is 9.59. The fourth-order valence-corrected chi connectivity index (χ4v) is 2.68. The third-order valence-electron chi connectivity index (χ3n) is 3.73. The van der Waals surface area contributed by atoms with Crippen LogP contribution in [0.3, 0.4) is 0 Å². The van der Waals surface area contributed by atoms with E-state index < -0.39 is 23.8 Å². The molecule has 0 saturated carbocycles. The first-order valence-electron chi connectivity index (χ1n) is 6.53. The number of benzene rings is 2. The van der Waals surface area contributed by atoms with Gasteiger partial charge in [-0.2, -0.15) is 0 Å². The number of amides is 2. The Labute approximate surface area is 121 Å². The zero-order valence-corrected chi connectivity index (χ0v) is 11.6. The number of methoxy groups -OCH3 is 1. The van der Waals surface area contributed by atoms with Gasteiger partial charge in [0.2, 0.25) is 0 Å². The van der Waals surface area contributed by atoms with Crippen LogP contribution in [-0.4, -0.2) is 35.8 Å². The fourth-order valence-electron chi connectivity index (χ4n) is 2.68. The second kappa shape index (κ2) is 4.70. The summed E-state index contributed by atoms with van der Waals surface area (Å²) in [7, 11) is 1.23. The zero-order valence-electron chi connectivity index (χ0n) is 11.6. The number of ether oxygens (including phenoxy) is 1. The van der Waals surface area contributed by atoms with Crippen molar-refractivity contribution in [2.24, 2.45) is 0 Å². The van der Waals surface area contributed by atoms with Gasteiger partial charge in [-0.15, -0.1) is 0 Å². The Morgan fingerprint density at radius 2 is 1.57 bits per heavy atom. The lowest BCUT2D eigenvalue weighted by atomic mass is 9.93. The molecule has 2 amide bonds. The summed E-state index contributed by atoms with van der Waals surface area (Å²) in [6.45, 7) is 1.48. The lowest BCUT2D eigenvalue weighted by Gasteiger charge is -2.30. The first kappa shape index (κ1) is 13.3. The molecule has 0 aromatic heterocycles. The third-order valence-corrected chi connectivity index (χ3v) is 3.73. The highest BCUT2D eigenvalue weighted by atomic mass is 16.5. The third kappa shape index (κ3) is 1.81. The average Bonchev–Trinajstić information content (AvgIpc) is 2.51.